The Balaban J connectivity index is 1.74. The van der Waals surface area contributed by atoms with Crippen LogP contribution in [-0.2, 0) is 26.2 Å². The van der Waals surface area contributed by atoms with Crippen molar-refractivity contribution in [3.05, 3.63) is 93.4 Å². The summed E-state index contributed by atoms with van der Waals surface area (Å²) in [7, 11) is -4.26. The molecule has 1 unspecified atom stereocenters. The molecule has 0 saturated heterocycles. The summed E-state index contributed by atoms with van der Waals surface area (Å²) in [5, 5.41) is 3.92. The van der Waals surface area contributed by atoms with E-state index in [4.69, 9.17) is 34.8 Å². The Labute approximate surface area is 262 Å². The fraction of sp³-hybridized carbons (Fsp3) is 0.355. The van der Waals surface area contributed by atoms with E-state index in [9.17, 15) is 18.0 Å². The average Bonchev–Trinajstić information content (AvgIpc) is 2.99. The predicted octanol–water partition coefficient (Wildman–Crippen LogP) is 7.10. The molecule has 3 aromatic rings. The van der Waals surface area contributed by atoms with Crippen molar-refractivity contribution >= 4 is 62.3 Å². The van der Waals surface area contributed by atoms with Crippen LogP contribution in [0, 0.1) is 0 Å². The summed E-state index contributed by atoms with van der Waals surface area (Å²) in [5.41, 5.74) is 0.688. The smallest absolute Gasteiger partial charge is 0.264 e. The second-order valence-corrected chi connectivity index (χ2v) is 13.4. The minimum absolute atomic E-state index is 0.0115. The summed E-state index contributed by atoms with van der Waals surface area (Å²) in [4.78, 5) is 29.3. The van der Waals surface area contributed by atoms with E-state index >= 15 is 0 Å². The number of nitrogens with zero attached hydrogens (tertiary/aromatic N) is 2. The lowest BCUT2D eigenvalue weighted by atomic mass is 9.95. The molecule has 1 saturated carbocycles. The summed E-state index contributed by atoms with van der Waals surface area (Å²) in [5.74, 6) is -0.862. The van der Waals surface area contributed by atoms with Gasteiger partial charge in [-0.3, -0.25) is 13.9 Å². The van der Waals surface area contributed by atoms with Gasteiger partial charge in [-0.15, -0.1) is 0 Å². The molecule has 0 bridgehead atoms. The van der Waals surface area contributed by atoms with Crippen molar-refractivity contribution in [1.82, 2.24) is 10.2 Å². The first kappa shape index (κ1) is 32.1. The summed E-state index contributed by atoms with van der Waals surface area (Å²) in [6.45, 7) is 1.22. The largest absolute Gasteiger partial charge is 0.352 e. The summed E-state index contributed by atoms with van der Waals surface area (Å²) < 4.78 is 28.9. The van der Waals surface area contributed by atoms with E-state index in [1.54, 1.807) is 42.5 Å². The molecule has 0 heterocycles. The van der Waals surface area contributed by atoms with Crippen LogP contribution < -0.4 is 9.62 Å². The van der Waals surface area contributed by atoms with E-state index < -0.39 is 28.5 Å². The van der Waals surface area contributed by atoms with E-state index in [-0.39, 0.29) is 39.1 Å². The first-order chi connectivity index (χ1) is 20.1. The maximum absolute atomic E-state index is 14.2. The van der Waals surface area contributed by atoms with E-state index in [0.717, 1.165) is 36.4 Å². The molecule has 0 radical (unpaired) electrons. The van der Waals surface area contributed by atoms with Gasteiger partial charge in [-0.2, -0.15) is 0 Å². The maximum Gasteiger partial charge on any atom is 0.264 e. The van der Waals surface area contributed by atoms with Crippen LogP contribution in [0.3, 0.4) is 0 Å². The summed E-state index contributed by atoms with van der Waals surface area (Å²) >= 11 is 19.2. The third-order valence-electron chi connectivity index (χ3n) is 7.42. The molecule has 3 aromatic carbocycles. The van der Waals surface area contributed by atoms with Gasteiger partial charge >= 0.3 is 0 Å². The van der Waals surface area contributed by atoms with Crippen LogP contribution in [-0.4, -0.2) is 43.8 Å². The molecular weight excluding hydrogens is 617 g/mol. The number of hydrogen-bond donors (Lipinski definition) is 1. The number of benzene rings is 3. The van der Waals surface area contributed by atoms with Gasteiger partial charge in [0.2, 0.25) is 11.8 Å². The molecule has 7 nitrogen and oxygen atoms in total. The zero-order valence-corrected chi connectivity index (χ0v) is 26.4. The number of sulfonamides is 1. The lowest BCUT2D eigenvalue weighted by Gasteiger charge is -2.34. The van der Waals surface area contributed by atoms with Crippen LogP contribution in [0.2, 0.25) is 15.1 Å². The van der Waals surface area contributed by atoms with Gasteiger partial charge in [0.15, 0.2) is 0 Å². The molecule has 42 heavy (non-hydrogen) atoms. The Bertz CT molecular complexity index is 1500. The molecule has 1 aliphatic rings. The molecule has 1 N–H and O–H groups in total. The lowest BCUT2D eigenvalue weighted by Crippen LogP contribution is -2.54. The first-order valence-electron chi connectivity index (χ1n) is 14.0. The highest BCUT2D eigenvalue weighted by Crippen LogP contribution is 2.33. The zero-order chi connectivity index (χ0) is 30.3. The quantitative estimate of drug-likeness (QED) is 0.240. The van der Waals surface area contributed by atoms with Crippen LogP contribution >= 0.6 is 34.8 Å². The highest BCUT2D eigenvalue weighted by Gasteiger charge is 2.35. The lowest BCUT2D eigenvalue weighted by molar-refractivity contribution is -0.140. The third-order valence-corrected chi connectivity index (χ3v) is 10.1. The molecule has 224 valence electrons. The topological polar surface area (TPSA) is 86.8 Å². The number of carbonyl (C=O) groups excluding carboxylic acids is 2. The fourth-order valence-corrected chi connectivity index (χ4v) is 7.26. The van der Waals surface area contributed by atoms with Crippen molar-refractivity contribution in [2.24, 2.45) is 0 Å². The first-order valence-corrected chi connectivity index (χ1v) is 16.5. The second kappa shape index (κ2) is 14.6. The molecule has 2 amide bonds. The molecule has 1 atom stereocenters. The van der Waals surface area contributed by atoms with Gasteiger partial charge in [0, 0.05) is 22.6 Å². The van der Waals surface area contributed by atoms with Crippen LogP contribution in [0.25, 0.3) is 0 Å². The van der Waals surface area contributed by atoms with E-state index in [1.807, 2.05) is 6.92 Å². The standard InChI is InChI=1S/C31H34Cl3N3O4S/c1-2-28(31(39)35-24-12-5-3-6-13-24)36(20-22-11-9-10-16-26(22)33)30(38)21-37(29-19-23(32)17-18-27(29)34)42(40,41)25-14-7-4-8-15-25/h4,7-11,14-19,24,28H,2-3,5-6,12-13,20-21H2,1H3,(H,35,39). The second-order valence-electron chi connectivity index (χ2n) is 10.3. The van der Waals surface area contributed by atoms with Crippen molar-refractivity contribution in [2.75, 3.05) is 10.8 Å². The van der Waals surface area contributed by atoms with Crippen LogP contribution in [0.4, 0.5) is 5.69 Å². The van der Waals surface area contributed by atoms with Crippen LogP contribution in [0.5, 0.6) is 0 Å². The van der Waals surface area contributed by atoms with Gasteiger partial charge in [0.05, 0.1) is 15.6 Å². The summed E-state index contributed by atoms with van der Waals surface area (Å²) in [6, 6.07) is 18.4. The van der Waals surface area contributed by atoms with Gasteiger partial charge in [-0.05, 0) is 61.2 Å². The average molecular weight is 651 g/mol. The number of amides is 2. The highest BCUT2D eigenvalue weighted by molar-refractivity contribution is 7.92. The minimum atomic E-state index is -4.26. The van der Waals surface area contributed by atoms with Crippen LogP contribution in [0.1, 0.15) is 51.0 Å². The third kappa shape index (κ3) is 7.78. The minimum Gasteiger partial charge on any atom is -0.352 e. The van der Waals surface area contributed by atoms with Crippen molar-refractivity contribution in [2.45, 2.75) is 69.0 Å². The number of rotatable bonds is 11. The molecular formula is C31H34Cl3N3O4S. The van der Waals surface area contributed by atoms with E-state index in [2.05, 4.69) is 5.32 Å². The molecule has 0 aromatic heterocycles. The Hall–Kier alpha value is -2.78. The van der Waals surface area contributed by atoms with Gasteiger partial charge in [-0.1, -0.05) is 97.4 Å². The van der Waals surface area contributed by atoms with Gasteiger partial charge in [-0.25, -0.2) is 8.42 Å². The predicted molar refractivity (Wildman–Crippen MR) is 169 cm³/mol. The number of hydrogen-bond acceptors (Lipinski definition) is 4. The van der Waals surface area contributed by atoms with Crippen molar-refractivity contribution < 1.29 is 18.0 Å². The monoisotopic (exact) mass is 649 g/mol. The number of anilines is 1. The Morgan fingerprint density at radius 1 is 0.905 bits per heavy atom. The molecule has 1 fully saturated rings. The normalized spacial score (nSPS) is 14.7. The fourth-order valence-electron chi connectivity index (χ4n) is 5.18. The van der Waals surface area contributed by atoms with Crippen molar-refractivity contribution in [3.8, 4) is 0 Å². The Morgan fingerprint density at radius 3 is 2.24 bits per heavy atom. The zero-order valence-electron chi connectivity index (χ0n) is 23.3. The van der Waals surface area contributed by atoms with Crippen molar-refractivity contribution in [1.29, 1.82) is 0 Å². The number of halogens is 3. The highest BCUT2D eigenvalue weighted by atomic mass is 35.5. The summed E-state index contributed by atoms with van der Waals surface area (Å²) in [6.07, 6.45) is 5.30. The maximum atomic E-state index is 14.2. The van der Waals surface area contributed by atoms with Gasteiger partial charge < -0.3 is 10.2 Å². The Morgan fingerprint density at radius 2 is 1.57 bits per heavy atom. The van der Waals surface area contributed by atoms with Crippen molar-refractivity contribution in [3.63, 3.8) is 0 Å². The van der Waals surface area contributed by atoms with E-state index in [1.165, 1.54) is 35.2 Å². The number of nitrogens with one attached hydrogen (secondary N) is 1. The van der Waals surface area contributed by atoms with Gasteiger partial charge in [0.1, 0.15) is 12.6 Å². The van der Waals surface area contributed by atoms with E-state index in [0.29, 0.717) is 17.0 Å². The van der Waals surface area contributed by atoms with Gasteiger partial charge in [0.25, 0.3) is 10.0 Å². The molecule has 1 aliphatic carbocycles. The molecule has 4 rings (SSSR count). The molecule has 0 aliphatic heterocycles. The molecule has 0 spiro atoms. The van der Waals surface area contributed by atoms with Crippen LogP contribution in [0.15, 0.2) is 77.7 Å². The SMILES string of the molecule is CCC(C(=O)NC1CCCCC1)N(Cc1ccccc1Cl)C(=O)CN(c1cc(Cl)ccc1Cl)S(=O)(=O)c1ccccc1. The number of carbonyl (C=O) groups is 2. The molecule has 11 heteroatoms. The Kier molecular flexibility index (Phi) is 11.2.